The zero-order valence-corrected chi connectivity index (χ0v) is 11.9. The number of carbonyl (C=O) groups excluding carboxylic acids is 3. The van der Waals surface area contributed by atoms with Gasteiger partial charge in [-0.05, 0) is 19.8 Å². The van der Waals surface area contributed by atoms with Crippen LogP contribution in [0.4, 0.5) is 4.79 Å². The molecule has 1 rings (SSSR count). The second-order valence-electron chi connectivity index (χ2n) is 5.46. The van der Waals surface area contributed by atoms with Crippen LogP contribution in [0.15, 0.2) is 0 Å². The quantitative estimate of drug-likeness (QED) is 0.569. The molecular weight excluding hydrogens is 280 g/mol. The molecule has 1 heterocycles. The van der Waals surface area contributed by atoms with E-state index in [0.717, 1.165) is 4.90 Å². The lowest BCUT2D eigenvalue weighted by molar-refractivity contribution is -0.150. The Labute approximate surface area is 121 Å². The van der Waals surface area contributed by atoms with Gasteiger partial charge in [0.25, 0.3) is 0 Å². The molecule has 9 heteroatoms. The monoisotopic (exact) mass is 300 g/mol. The number of nitrogens with two attached hydrogens (primary N) is 2. The van der Waals surface area contributed by atoms with Gasteiger partial charge in [0.2, 0.25) is 11.8 Å². The zero-order valence-electron chi connectivity index (χ0n) is 11.9. The van der Waals surface area contributed by atoms with Crippen LogP contribution in [0.25, 0.3) is 0 Å². The third-order valence-corrected chi connectivity index (χ3v) is 3.45. The van der Waals surface area contributed by atoms with E-state index in [-0.39, 0.29) is 6.54 Å². The van der Waals surface area contributed by atoms with Gasteiger partial charge in [-0.2, -0.15) is 0 Å². The summed E-state index contributed by atoms with van der Waals surface area (Å²) in [7, 11) is 0. The molecule has 1 aliphatic rings. The summed E-state index contributed by atoms with van der Waals surface area (Å²) in [6.07, 6.45) is 0.979. The Hall–Kier alpha value is -2.32. The van der Waals surface area contributed by atoms with Crippen LogP contribution in [0, 0.1) is 5.41 Å². The van der Waals surface area contributed by atoms with Crippen molar-refractivity contribution in [2.45, 2.75) is 19.8 Å². The number of urea groups is 1. The molecule has 1 aliphatic heterocycles. The first kappa shape index (κ1) is 16.7. The lowest BCUT2D eigenvalue weighted by atomic mass is 9.82. The average molecular weight is 300 g/mol. The zero-order chi connectivity index (χ0) is 16.2. The minimum absolute atomic E-state index is 0.00912. The molecular formula is C12H20N4O5. The van der Waals surface area contributed by atoms with E-state index < -0.39 is 42.3 Å². The number of carboxylic acids is 1. The summed E-state index contributed by atoms with van der Waals surface area (Å²) in [6.45, 7) is 1.04. The lowest BCUT2D eigenvalue weighted by Crippen LogP contribution is -2.55. The molecule has 1 saturated heterocycles. The van der Waals surface area contributed by atoms with Crippen LogP contribution in [0.2, 0.25) is 0 Å². The highest BCUT2D eigenvalue weighted by Gasteiger charge is 2.40. The summed E-state index contributed by atoms with van der Waals surface area (Å²) < 4.78 is 0. The molecule has 0 saturated carbocycles. The van der Waals surface area contributed by atoms with E-state index in [9.17, 15) is 24.3 Å². The van der Waals surface area contributed by atoms with Crippen molar-refractivity contribution in [3.8, 4) is 0 Å². The molecule has 21 heavy (non-hydrogen) atoms. The van der Waals surface area contributed by atoms with E-state index in [0.29, 0.717) is 19.4 Å². The maximum absolute atomic E-state index is 12.3. The molecule has 1 atom stereocenters. The third kappa shape index (κ3) is 4.33. The molecule has 0 radical (unpaired) electrons. The van der Waals surface area contributed by atoms with E-state index in [1.54, 1.807) is 6.92 Å². The fourth-order valence-corrected chi connectivity index (χ4v) is 2.34. The molecule has 0 aromatic heterocycles. The number of likely N-dealkylation sites (tertiary alicyclic amines) is 1. The smallest absolute Gasteiger partial charge is 0.320 e. The molecule has 1 unspecified atom stereocenters. The average Bonchev–Trinajstić information content (AvgIpc) is 2.36. The lowest BCUT2D eigenvalue weighted by Gasteiger charge is -2.39. The van der Waals surface area contributed by atoms with Crippen molar-refractivity contribution in [1.82, 2.24) is 9.80 Å². The summed E-state index contributed by atoms with van der Waals surface area (Å²) in [5.41, 5.74) is 9.04. The Kier molecular flexibility index (Phi) is 5.12. The number of nitrogens with zero attached hydrogens (tertiary/aromatic N) is 2. The Balaban J connectivity index is 2.85. The van der Waals surface area contributed by atoms with Crippen LogP contribution < -0.4 is 11.5 Å². The Morgan fingerprint density at radius 2 is 1.71 bits per heavy atom. The molecule has 0 aliphatic carbocycles. The van der Waals surface area contributed by atoms with Gasteiger partial charge in [-0.3, -0.25) is 14.4 Å². The summed E-state index contributed by atoms with van der Waals surface area (Å²) in [4.78, 5) is 47.8. The number of primary amides is 2. The highest BCUT2D eigenvalue weighted by atomic mass is 16.4. The molecule has 9 nitrogen and oxygen atoms in total. The Bertz CT molecular complexity index is 451. The minimum atomic E-state index is -1.04. The first-order valence-corrected chi connectivity index (χ1v) is 6.49. The summed E-state index contributed by atoms with van der Waals surface area (Å²) in [5.74, 6) is -2.54. The number of aliphatic carboxylic acids is 1. The number of rotatable bonds is 5. The number of hydrogen-bond donors (Lipinski definition) is 3. The summed E-state index contributed by atoms with van der Waals surface area (Å²) >= 11 is 0. The van der Waals surface area contributed by atoms with Gasteiger partial charge < -0.3 is 26.4 Å². The van der Waals surface area contributed by atoms with Crippen LogP contribution in [0.1, 0.15) is 19.8 Å². The molecule has 0 aromatic rings. The van der Waals surface area contributed by atoms with Crippen LogP contribution in [0.5, 0.6) is 0 Å². The van der Waals surface area contributed by atoms with Crippen LogP contribution in [0.3, 0.4) is 0 Å². The maximum Gasteiger partial charge on any atom is 0.320 e. The standard InChI is InChI=1S/C12H20N4O5/c1-12(10(19)20)3-2-4-15(7-12)11(21)16(5-8(13)17)6-9(14)18/h2-7H2,1H3,(H2,13,17)(H2,14,18)(H,19,20). The highest BCUT2D eigenvalue weighted by molar-refractivity contribution is 5.87. The van der Waals surface area contributed by atoms with Crippen molar-refractivity contribution in [2.75, 3.05) is 26.2 Å². The van der Waals surface area contributed by atoms with Crippen LogP contribution >= 0.6 is 0 Å². The van der Waals surface area contributed by atoms with E-state index in [1.807, 2.05) is 0 Å². The van der Waals surface area contributed by atoms with Gasteiger partial charge in [0.15, 0.2) is 0 Å². The number of carboxylic acid groups (broad SMARTS) is 1. The van der Waals surface area contributed by atoms with Gasteiger partial charge in [-0.15, -0.1) is 0 Å². The van der Waals surface area contributed by atoms with E-state index in [4.69, 9.17) is 11.5 Å². The van der Waals surface area contributed by atoms with Crippen molar-refractivity contribution in [1.29, 1.82) is 0 Å². The SMILES string of the molecule is CC1(C(=O)O)CCCN(C(=O)N(CC(N)=O)CC(N)=O)C1. The fourth-order valence-electron chi connectivity index (χ4n) is 2.34. The van der Waals surface area contributed by atoms with E-state index >= 15 is 0 Å². The molecule has 5 N–H and O–H groups in total. The maximum atomic E-state index is 12.3. The van der Waals surface area contributed by atoms with Gasteiger partial charge in [-0.1, -0.05) is 0 Å². The largest absolute Gasteiger partial charge is 0.481 e. The van der Waals surface area contributed by atoms with E-state index in [1.165, 1.54) is 4.90 Å². The predicted octanol–water partition coefficient (Wildman–Crippen LogP) is -1.43. The number of amides is 4. The molecule has 0 bridgehead atoms. The fraction of sp³-hybridized carbons (Fsp3) is 0.667. The summed E-state index contributed by atoms with van der Waals surface area (Å²) in [6, 6.07) is -0.611. The Morgan fingerprint density at radius 3 is 2.14 bits per heavy atom. The van der Waals surface area contributed by atoms with E-state index in [2.05, 4.69) is 0 Å². The Morgan fingerprint density at radius 1 is 1.19 bits per heavy atom. The molecule has 118 valence electrons. The molecule has 1 fully saturated rings. The summed E-state index contributed by atoms with van der Waals surface area (Å²) in [5, 5.41) is 9.23. The van der Waals surface area contributed by atoms with Crippen molar-refractivity contribution in [3.05, 3.63) is 0 Å². The molecule has 0 spiro atoms. The normalized spacial score (nSPS) is 21.7. The van der Waals surface area contributed by atoms with Crippen molar-refractivity contribution >= 4 is 23.8 Å². The van der Waals surface area contributed by atoms with Gasteiger partial charge >= 0.3 is 12.0 Å². The minimum Gasteiger partial charge on any atom is -0.481 e. The van der Waals surface area contributed by atoms with Crippen LogP contribution in [-0.4, -0.2) is 64.9 Å². The first-order chi connectivity index (χ1) is 9.65. The van der Waals surface area contributed by atoms with Gasteiger partial charge in [0.1, 0.15) is 13.1 Å². The van der Waals surface area contributed by atoms with Crippen molar-refractivity contribution < 1.29 is 24.3 Å². The highest BCUT2D eigenvalue weighted by Crippen LogP contribution is 2.30. The predicted molar refractivity (Wildman–Crippen MR) is 71.9 cm³/mol. The van der Waals surface area contributed by atoms with Gasteiger partial charge in [0.05, 0.1) is 5.41 Å². The molecule has 4 amide bonds. The van der Waals surface area contributed by atoms with Gasteiger partial charge in [0, 0.05) is 13.1 Å². The van der Waals surface area contributed by atoms with Crippen molar-refractivity contribution in [2.24, 2.45) is 16.9 Å². The van der Waals surface area contributed by atoms with Gasteiger partial charge in [-0.25, -0.2) is 4.79 Å². The van der Waals surface area contributed by atoms with Crippen molar-refractivity contribution in [3.63, 3.8) is 0 Å². The number of hydrogen-bond acceptors (Lipinski definition) is 4. The number of carbonyl (C=O) groups is 4. The topological polar surface area (TPSA) is 147 Å². The first-order valence-electron chi connectivity index (χ1n) is 6.49. The number of piperidine rings is 1. The second kappa shape index (κ2) is 6.42. The third-order valence-electron chi connectivity index (χ3n) is 3.45. The second-order valence-corrected chi connectivity index (χ2v) is 5.46. The van der Waals surface area contributed by atoms with Crippen LogP contribution in [-0.2, 0) is 14.4 Å². The molecule has 0 aromatic carbocycles.